The van der Waals surface area contributed by atoms with Crippen molar-refractivity contribution in [3.05, 3.63) is 15.9 Å². The third-order valence-electron chi connectivity index (χ3n) is 2.94. The number of H-pyrrole nitrogens is 1. The average molecular weight is 301 g/mol. The van der Waals surface area contributed by atoms with Gasteiger partial charge in [0.25, 0.3) is 5.91 Å². The monoisotopic (exact) mass is 300 g/mol. The zero-order chi connectivity index (χ0) is 12.4. The molecule has 0 unspecified atom stereocenters. The van der Waals surface area contributed by atoms with Crippen LogP contribution in [0.15, 0.2) is 4.47 Å². The summed E-state index contributed by atoms with van der Waals surface area (Å²) in [5, 5.41) is 13.0. The highest BCUT2D eigenvalue weighted by Gasteiger charge is 2.21. The van der Waals surface area contributed by atoms with Crippen LogP contribution in [-0.4, -0.2) is 35.7 Å². The van der Waals surface area contributed by atoms with Gasteiger partial charge >= 0.3 is 0 Å². The number of aromatic nitrogens is 2. The lowest BCUT2D eigenvalue weighted by atomic mass is 10.0. The van der Waals surface area contributed by atoms with Gasteiger partial charge in [-0.25, -0.2) is 0 Å². The van der Waals surface area contributed by atoms with E-state index in [1.54, 1.807) is 0 Å². The van der Waals surface area contributed by atoms with Crippen LogP contribution in [0.2, 0.25) is 0 Å². The van der Waals surface area contributed by atoms with Crippen LogP contribution in [-0.2, 0) is 0 Å². The van der Waals surface area contributed by atoms with Gasteiger partial charge in [-0.05, 0) is 21.8 Å². The normalized spacial score (nSPS) is 16.0. The Morgan fingerprint density at radius 3 is 2.76 bits per heavy atom. The lowest BCUT2D eigenvalue weighted by Crippen LogP contribution is -2.48. The second kappa shape index (κ2) is 5.18. The molecule has 94 valence electrons. The summed E-state index contributed by atoms with van der Waals surface area (Å²) in [5.41, 5.74) is 1.40. The summed E-state index contributed by atoms with van der Waals surface area (Å²) < 4.78 is 0.775. The number of aromatic amines is 1. The molecule has 1 amide bonds. The van der Waals surface area contributed by atoms with Gasteiger partial charge in [-0.15, -0.1) is 0 Å². The van der Waals surface area contributed by atoms with E-state index in [1.807, 2.05) is 0 Å². The van der Waals surface area contributed by atoms with E-state index < -0.39 is 0 Å². The van der Waals surface area contributed by atoms with E-state index in [0.717, 1.165) is 23.3 Å². The molecule has 5 nitrogen and oxygen atoms in total. The third-order valence-corrected chi connectivity index (χ3v) is 3.75. The molecule has 0 radical (unpaired) electrons. The lowest BCUT2D eigenvalue weighted by Gasteiger charge is -2.26. The average Bonchev–Trinajstić information content (AvgIpc) is 2.57. The molecule has 2 rings (SSSR count). The molecule has 1 aliphatic heterocycles. The maximum absolute atomic E-state index is 11.9. The molecule has 0 atom stereocenters. The number of carbonyl (C=O) groups is 1. The molecule has 1 fully saturated rings. The smallest absolute Gasteiger partial charge is 0.272 e. The van der Waals surface area contributed by atoms with Crippen molar-refractivity contribution in [1.82, 2.24) is 20.8 Å². The first kappa shape index (κ1) is 12.6. The number of hydrogen-bond acceptors (Lipinski definition) is 3. The Morgan fingerprint density at radius 1 is 1.59 bits per heavy atom. The number of rotatable bonds is 4. The number of nitrogens with one attached hydrogen (secondary N) is 3. The molecule has 0 aliphatic carbocycles. The van der Waals surface area contributed by atoms with Crippen LogP contribution < -0.4 is 10.6 Å². The van der Waals surface area contributed by atoms with Gasteiger partial charge in [0.2, 0.25) is 0 Å². The molecule has 1 saturated heterocycles. The van der Waals surface area contributed by atoms with Gasteiger partial charge in [-0.2, -0.15) is 5.10 Å². The Morgan fingerprint density at radius 2 is 2.29 bits per heavy atom. The Kier molecular flexibility index (Phi) is 3.83. The van der Waals surface area contributed by atoms with E-state index in [2.05, 4.69) is 50.6 Å². The van der Waals surface area contributed by atoms with Crippen molar-refractivity contribution >= 4 is 21.8 Å². The van der Waals surface area contributed by atoms with Crippen LogP contribution in [0.25, 0.3) is 0 Å². The van der Waals surface area contributed by atoms with Crippen LogP contribution in [0.4, 0.5) is 0 Å². The van der Waals surface area contributed by atoms with E-state index >= 15 is 0 Å². The maximum Gasteiger partial charge on any atom is 0.272 e. The molecule has 1 aliphatic rings. The van der Waals surface area contributed by atoms with E-state index in [9.17, 15) is 4.79 Å². The zero-order valence-electron chi connectivity index (χ0n) is 10.0. The zero-order valence-corrected chi connectivity index (χ0v) is 11.6. The molecule has 0 aromatic carbocycles. The predicted octanol–water partition coefficient (Wildman–Crippen LogP) is 1.24. The molecule has 2 heterocycles. The van der Waals surface area contributed by atoms with Crippen molar-refractivity contribution in [1.29, 1.82) is 0 Å². The van der Waals surface area contributed by atoms with Gasteiger partial charge < -0.3 is 10.6 Å². The number of halogens is 1. The number of amides is 1. The number of carbonyl (C=O) groups excluding carboxylic acids is 1. The van der Waals surface area contributed by atoms with E-state index in [-0.39, 0.29) is 5.91 Å². The molecular weight excluding hydrogens is 284 g/mol. The summed E-state index contributed by atoms with van der Waals surface area (Å²) in [6.07, 6.45) is 0. The standard InChI is InChI=1S/C11H17BrN4O/c1-6(2)9-8(12)10(16-15-9)11(17)14-5-7-3-13-4-7/h6-7,13H,3-5H2,1-2H3,(H,14,17)(H,15,16). The highest BCUT2D eigenvalue weighted by atomic mass is 79.9. The molecule has 0 bridgehead atoms. The summed E-state index contributed by atoms with van der Waals surface area (Å²) >= 11 is 3.42. The predicted molar refractivity (Wildman–Crippen MR) is 69.1 cm³/mol. The van der Waals surface area contributed by atoms with Crippen LogP contribution in [0.1, 0.15) is 35.9 Å². The van der Waals surface area contributed by atoms with Crippen molar-refractivity contribution in [2.45, 2.75) is 19.8 Å². The van der Waals surface area contributed by atoms with Gasteiger partial charge in [-0.1, -0.05) is 13.8 Å². The topological polar surface area (TPSA) is 69.8 Å². The van der Waals surface area contributed by atoms with Crippen LogP contribution in [0.3, 0.4) is 0 Å². The highest BCUT2D eigenvalue weighted by Crippen LogP contribution is 2.25. The minimum atomic E-state index is -0.119. The van der Waals surface area contributed by atoms with Gasteiger partial charge in [0.15, 0.2) is 5.69 Å². The summed E-state index contributed by atoms with van der Waals surface area (Å²) in [6.45, 7) is 6.79. The summed E-state index contributed by atoms with van der Waals surface area (Å²) in [4.78, 5) is 11.9. The fourth-order valence-corrected chi connectivity index (χ4v) is 2.50. The van der Waals surface area contributed by atoms with Crippen molar-refractivity contribution < 1.29 is 4.79 Å². The van der Waals surface area contributed by atoms with Crippen molar-refractivity contribution in [2.24, 2.45) is 5.92 Å². The van der Waals surface area contributed by atoms with E-state index in [4.69, 9.17) is 0 Å². The number of nitrogens with zero attached hydrogens (tertiary/aromatic N) is 1. The van der Waals surface area contributed by atoms with Crippen molar-refractivity contribution in [2.75, 3.05) is 19.6 Å². The Bertz CT molecular complexity index is 412. The molecule has 6 heteroatoms. The third kappa shape index (κ3) is 2.69. The highest BCUT2D eigenvalue weighted by molar-refractivity contribution is 9.10. The first-order valence-corrected chi connectivity index (χ1v) is 6.61. The van der Waals surface area contributed by atoms with Crippen molar-refractivity contribution in [3.8, 4) is 0 Å². The first-order valence-electron chi connectivity index (χ1n) is 5.82. The van der Waals surface area contributed by atoms with Crippen LogP contribution >= 0.6 is 15.9 Å². The first-order chi connectivity index (χ1) is 8.09. The molecule has 0 spiro atoms. The Hall–Kier alpha value is -0.880. The fraction of sp³-hybridized carbons (Fsp3) is 0.636. The molecule has 1 aromatic rings. The van der Waals surface area contributed by atoms with Gasteiger partial charge in [0.05, 0.1) is 10.2 Å². The second-order valence-corrected chi connectivity index (χ2v) is 5.48. The van der Waals surface area contributed by atoms with Gasteiger partial charge in [0.1, 0.15) is 0 Å². The van der Waals surface area contributed by atoms with Crippen molar-refractivity contribution in [3.63, 3.8) is 0 Å². The summed E-state index contributed by atoms with van der Waals surface area (Å²) in [5.74, 6) is 0.752. The van der Waals surface area contributed by atoms with Crippen LogP contribution in [0, 0.1) is 5.92 Å². The summed E-state index contributed by atoms with van der Waals surface area (Å²) in [7, 11) is 0. The molecular formula is C11H17BrN4O. The second-order valence-electron chi connectivity index (χ2n) is 4.69. The molecule has 1 aromatic heterocycles. The molecule has 17 heavy (non-hydrogen) atoms. The minimum absolute atomic E-state index is 0.119. The van der Waals surface area contributed by atoms with Crippen LogP contribution in [0.5, 0.6) is 0 Å². The van der Waals surface area contributed by atoms with E-state index in [1.165, 1.54) is 0 Å². The Labute approximate surface area is 109 Å². The van der Waals surface area contributed by atoms with E-state index in [0.29, 0.717) is 24.1 Å². The SMILES string of the molecule is CC(C)c1[nH]nc(C(=O)NCC2CNC2)c1Br. The summed E-state index contributed by atoms with van der Waals surface area (Å²) in [6, 6.07) is 0. The minimum Gasteiger partial charge on any atom is -0.350 e. The quantitative estimate of drug-likeness (QED) is 0.784. The molecule has 3 N–H and O–H groups in total. The largest absolute Gasteiger partial charge is 0.350 e. The Balaban J connectivity index is 1.98. The molecule has 0 saturated carbocycles. The number of hydrogen-bond donors (Lipinski definition) is 3. The van der Waals surface area contributed by atoms with Gasteiger partial charge in [0, 0.05) is 25.6 Å². The maximum atomic E-state index is 11.9. The lowest BCUT2D eigenvalue weighted by molar-refractivity contribution is 0.0936. The fourth-order valence-electron chi connectivity index (χ4n) is 1.69. The van der Waals surface area contributed by atoms with Gasteiger partial charge in [-0.3, -0.25) is 9.89 Å².